The Kier molecular flexibility index (Phi) is 12.9. The lowest BCUT2D eigenvalue weighted by atomic mass is 10.0. The Labute approximate surface area is 163 Å². The second-order valence-electron chi connectivity index (χ2n) is 5.13. The van der Waals surface area contributed by atoms with Gasteiger partial charge in [0.2, 0.25) is 11.8 Å². The van der Waals surface area contributed by atoms with Gasteiger partial charge in [0.05, 0.1) is 19.0 Å². The van der Waals surface area contributed by atoms with Crippen molar-refractivity contribution in [2.24, 2.45) is 11.5 Å². The molecule has 26 heavy (non-hydrogen) atoms. The first-order valence-corrected chi connectivity index (χ1v) is 7.24. The van der Waals surface area contributed by atoms with Gasteiger partial charge in [0.25, 0.3) is 0 Å². The van der Waals surface area contributed by atoms with Gasteiger partial charge >= 0.3 is 5.97 Å². The number of benzene rings is 1. The van der Waals surface area contributed by atoms with E-state index in [1.54, 1.807) is 24.3 Å². The van der Waals surface area contributed by atoms with Crippen LogP contribution in [0.25, 0.3) is 0 Å². The highest BCUT2D eigenvalue weighted by Crippen LogP contribution is 2.06. The first-order valence-electron chi connectivity index (χ1n) is 7.24. The van der Waals surface area contributed by atoms with Gasteiger partial charge in [-0.15, -0.1) is 24.8 Å². The average Bonchev–Trinajstić information content (AvgIpc) is 2.52. The SMILES string of the molecule is Cl.Cl.N=C(N)c1ccc(CC(N)C(=O)NCC(=O)NCCC(=O)O)cc1. The van der Waals surface area contributed by atoms with E-state index in [2.05, 4.69) is 10.6 Å². The standard InChI is InChI=1S/C15H21N5O4.2ClH/c16-11(7-9-1-3-10(4-2-9)14(17)18)15(24)20-8-12(21)19-6-5-13(22)23;;/h1-4,11H,5-8,16H2,(H3,17,18)(H,19,21)(H,20,24)(H,22,23);2*1H. The van der Waals surface area contributed by atoms with Crippen LogP contribution in [0.15, 0.2) is 24.3 Å². The number of aliphatic carboxylic acids is 1. The van der Waals surface area contributed by atoms with Crippen LogP contribution < -0.4 is 22.1 Å². The van der Waals surface area contributed by atoms with Crippen LogP contribution in [-0.2, 0) is 20.8 Å². The minimum absolute atomic E-state index is 0. The number of nitrogens with one attached hydrogen (secondary N) is 3. The zero-order chi connectivity index (χ0) is 18.1. The summed E-state index contributed by atoms with van der Waals surface area (Å²) >= 11 is 0. The number of carboxylic acid groups (broad SMARTS) is 1. The van der Waals surface area contributed by atoms with Crippen molar-refractivity contribution < 1.29 is 19.5 Å². The third-order valence-corrected chi connectivity index (χ3v) is 3.14. The maximum Gasteiger partial charge on any atom is 0.305 e. The molecule has 0 aliphatic heterocycles. The molecular formula is C15H23Cl2N5O4. The van der Waals surface area contributed by atoms with Gasteiger partial charge in [0.15, 0.2) is 0 Å². The molecular weight excluding hydrogens is 385 g/mol. The van der Waals surface area contributed by atoms with Crippen molar-refractivity contribution in [3.05, 3.63) is 35.4 Å². The Balaban J connectivity index is 0. The van der Waals surface area contributed by atoms with E-state index in [1.807, 2.05) is 0 Å². The highest BCUT2D eigenvalue weighted by molar-refractivity contribution is 5.95. The lowest BCUT2D eigenvalue weighted by Gasteiger charge is -2.12. The summed E-state index contributed by atoms with van der Waals surface area (Å²) in [4.78, 5) is 33.6. The van der Waals surface area contributed by atoms with Crippen LogP contribution in [0.5, 0.6) is 0 Å². The van der Waals surface area contributed by atoms with Crippen molar-refractivity contribution in [1.29, 1.82) is 5.41 Å². The van der Waals surface area contributed by atoms with Crippen molar-refractivity contribution in [2.45, 2.75) is 18.9 Å². The number of amidine groups is 1. The summed E-state index contributed by atoms with van der Waals surface area (Å²) in [5.74, 6) is -2.03. The molecule has 0 aliphatic rings. The first-order chi connectivity index (χ1) is 11.3. The second kappa shape index (κ2) is 12.9. The van der Waals surface area contributed by atoms with Crippen molar-refractivity contribution in [1.82, 2.24) is 10.6 Å². The maximum absolute atomic E-state index is 11.8. The number of hydrogen-bond donors (Lipinski definition) is 6. The van der Waals surface area contributed by atoms with Crippen LogP contribution in [0.4, 0.5) is 0 Å². The van der Waals surface area contributed by atoms with E-state index >= 15 is 0 Å². The second-order valence-corrected chi connectivity index (χ2v) is 5.13. The summed E-state index contributed by atoms with van der Waals surface area (Å²) < 4.78 is 0. The molecule has 0 saturated carbocycles. The van der Waals surface area contributed by atoms with Gasteiger partial charge in [0, 0.05) is 12.1 Å². The molecule has 146 valence electrons. The Morgan fingerprint density at radius 2 is 1.69 bits per heavy atom. The molecule has 0 aliphatic carbocycles. The van der Waals surface area contributed by atoms with Crippen LogP contribution in [-0.4, -0.2) is 47.9 Å². The van der Waals surface area contributed by atoms with Crippen molar-refractivity contribution in [3.63, 3.8) is 0 Å². The zero-order valence-electron chi connectivity index (χ0n) is 13.9. The monoisotopic (exact) mass is 407 g/mol. The molecule has 9 nitrogen and oxygen atoms in total. The van der Waals surface area contributed by atoms with E-state index in [-0.39, 0.29) is 56.6 Å². The smallest absolute Gasteiger partial charge is 0.305 e. The predicted molar refractivity (Wildman–Crippen MR) is 102 cm³/mol. The van der Waals surface area contributed by atoms with E-state index in [4.69, 9.17) is 22.0 Å². The molecule has 1 aromatic carbocycles. The van der Waals surface area contributed by atoms with E-state index in [0.717, 1.165) is 5.56 Å². The highest BCUT2D eigenvalue weighted by atomic mass is 35.5. The number of rotatable bonds is 9. The zero-order valence-corrected chi connectivity index (χ0v) is 15.5. The van der Waals surface area contributed by atoms with Crippen LogP contribution in [0, 0.1) is 5.41 Å². The van der Waals surface area contributed by atoms with E-state index < -0.39 is 23.8 Å². The molecule has 1 unspecified atom stereocenters. The molecule has 1 atom stereocenters. The number of carboxylic acids is 1. The Morgan fingerprint density at radius 1 is 1.12 bits per heavy atom. The molecule has 11 heteroatoms. The summed E-state index contributed by atoms with van der Waals surface area (Å²) in [6, 6.07) is 5.95. The minimum atomic E-state index is -1.02. The molecule has 0 bridgehead atoms. The average molecular weight is 408 g/mol. The maximum atomic E-state index is 11.8. The van der Waals surface area contributed by atoms with Gasteiger partial charge in [-0.2, -0.15) is 0 Å². The molecule has 1 aromatic rings. The lowest BCUT2D eigenvalue weighted by molar-refractivity contribution is -0.137. The predicted octanol–water partition coefficient (Wildman–Crippen LogP) is -0.609. The molecule has 2 amide bonds. The van der Waals surface area contributed by atoms with Gasteiger partial charge in [-0.1, -0.05) is 24.3 Å². The molecule has 0 saturated heterocycles. The Bertz CT molecular complexity index is 625. The molecule has 1 rings (SSSR count). The summed E-state index contributed by atoms with van der Waals surface area (Å²) in [5, 5.41) is 20.5. The van der Waals surface area contributed by atoms with E-state index in [9.17, 15) is 14.4 Å². The quantitative estimate of drug-likeness (QED) is 0.235. The normalized spacial score (nSPS) is 10.5. The van der Waals surface area contributed by atoms with Gasteiger partial charge in [-0.25, -0.2) is 0 Å². The lowest BCUT2D eigenvalue weighted by Crippen LogP contribution is -2.46. The summed E-state index contributed by atoms with van der Waals surface area (Å²) in [6.45, 7) is -0.270. The first kappa shape index (κ1) is 25.9. The fourth-order valence-electron chi connectivity index (χ4n) is 1.84. The molecule has 8 N–H and O–H groups in total. The summed E-state index contributed by atoms with van der Waals surface area (Å²) in [7, 11) is 0. The van der Waals surface area contributed by atoms with Crippen molar-refractivity contribution >= 4 is 48.4 Å². The number of hydrogen-bond acceptors (Lipinski definition) is 5. The molecule has 0 spiro atoms. The fraction of sp³-hybridized carbons (Fsp3) is 0.333. The topological polar surface area (TPSA) is 171 Å². The van der Waals surface area contributed by atoms with Crippen LogP contribution in [0.3, 0.4) is 0 Å². The third kappa shape index (κ3) is 9.82. The van der Waals surface area contributed by atoms with Crippen LogP contribution in [0.1, 0.15) is 17.5 Å². The van der Waals surface area contributed by atoms with Crippen molar-refractivity contribution in [2.75, 3.05) is 13.1 Å². The van der Waals surface area contributed by atoms with Gasteiger partial charge in [0.1, 0.15) is 5.84 Å². The molecule has 0 aromatic heterocycles. The Morgan fingerprint density at radius 3 is 2.19 bits per heavy atom. The van der Waals surface area contributed by atoms with Gasteiger partial charge < -0.3 is 27.2 Å². The van der Waals surface area contributed by atoms with Gasteiger partial charge in [-0.3, -0.25) is 19.8 Å². The number of halogens is 2. The number of amides is 2. The van der Waals surface area contributed by atoms with Crippen LogP contribution >= 0.6 is 24.8 Å². The largest absolute Gasteiger partial charge is 0.481 e. The third-order valence-electron chi connectivity index (χ3n) is 3.14. The van der Waals surface area contributed by atoms with E-state index in [1.165, 1.54) is 0 Å². The number of nitrogen functional groups attached to an aromatic ring is 1. The number of carbonyl (C=O) groups excluding carboxylic acids is 2. The van der Waals surface area contributed by atoms with Crippen molar-refractivity contribution in [3.8, 4) is 0 Å². The molecule has 0 fully saturated rings. The van der Waals surface area contributed by atoms with Gasteiger partial charge in [-0.05, 0) is 12.0 Å². The number of nitrogens with two attached hydrogens (primary N) is 2. The summed E-state index contributed by atoms with van der Waals surface area (Å²) in [6.07, 6.45) is 0.0834. The molecule has 0 heterocycles. The van der Waals surface area contributed by atoms with E-state index in [0.29, 0.717) is 5.56 Å². The molecule has 0 radical (unpaired) electrons. The fourth-order valence-corrected chi connectivity index (χ4v) is 1.84. The Hall–Kier alpha value is -2.36. The highest BCUT2D eigenvalue weighted by Gasteiger charge is 2.15. The number of carbonyl (C=O) groups is 3. The van der Waals surface area contributed by atoms with Crippen LogP contribution in [0.2, 0.25) is 0 Å². The summed E-state index contributed by atoms with van der Waals surface area (Å²) in [5.41, 5.74) is 12.5. The minimum Gasteiger partial charge on any atom is -0.481 e.